The Hall–Kier alpha value is -2.07. The van der Waals surface area contributed by atoms with E-state index in [1.165, 1.54) is 70.5 Å². The second kappa shape index (κ2) is 18.2. The molecule has 0 saturated carbocycles. The SMILES string of the molecule is CCCCCCCCCCCCCCCC(=O)OCOP(=O)(O)COCCn1cnc2c(N)ncnc21. The molecule has 0 aliphatic rings. The van der Waals surface area contributed by atoms with Crippen molar-refractivity contribution in [1.29, 1.82) is 0 Å². The number of anilines is 1. The van der Waals surface area contributed by atoms with Crippen LogP contribution in [0.5, 0.6) is 0 Å². The average Bonchev–Trinajstić information content (AvgIpc) is 3.29. The van der Waals surface area contributed by atoms with Gasteiger partial charge in [0, 0.05) is 13.0 Å². The van der Waals surface area contributed by atoms with Crippen LogP contribution in [0.3, 0.4) is 0 Å². The van der Waals surface area contributed by atoms with Crippen LogP contribution in [0.1, 0.15) is 96.8 Å². The first-order valence-corrected chi connectivity index (χ1v) is 15.3. The van der Waals surface area contributed by atoms with Crippen LogP contribution < -0.4 is 5.73 Å². The molecular formula is C25H44N5O6P. The summed E-state index contributed by atoms with van der Waals surface area (Å²) in [5.74, 6) is -0.154. The lowest BCUT2D eigenvalue weighted by Gasteiger charge is -2.13. The van der Waals surface area contributed by atoms with Crippen molar-refractivity contribution in [1.82, 2.24) is 19.5 Å². The van der Waals surface area contributed by atoms with Gasteiger partial charge in [-0.2, -0.15) is 0 Å². The summed E-state index contributed by atoms with van der Waals surface area (Å²) in [6.45, 7) is 2.15. The zero-order valence-electron chi connectivity index (χ0n) is 22.2. The maximum absolute atomic E-state index is 12.1. The van der Waals surface area contributed by atoms with Gasteiger partial charge in [-0.15, -0.1) is 0 Å². The van der Waals surface area contributed by atoms with Gasteiger partial charge >= 0.3 is 13.6 Å². The third-order valence-corrected chi connectivity index (χ3v) is 7.14. The lowest BCUT2D eigenvalue weighted by molar-refractivity contribution is -0.150. The van der Waals surface area contributed by atoms with E-state index in [0.29, 0.717) is 17.7 Å². The number of fused-ring (bicyclic) bond motifs is 1. The lowest BCUT2D eigenvalue weighted by Crippen LogP contribution is -2.10. The summed E-state index contributed by atoms with van der Waals surface area (Å²) in [5.41, 5.74) is 6.78. The molecular weight excluding hydrogens is 497 g/mol. The molecule has 37 heavy (non-hydrogen) atoms. The lowest BCUT2D eigenvalue weighted by atomic mass is 10.0. The molecule has 11 nitrogen and oxygen atoms in total. The Kier molecular flexibility index (Phi) is 15.3. The quantitative estimate of drug-likeness (QED) is 0.0838. The largest absolute Gasteiger partial charge is 0.438 e. The van der Waals surface area contributed by atoms with E-state index < -0.39 is 26.7 Å². The first-order chi connectivity index (χ1) is 17.9. The second-order valence-corrected chi connectivity index (χ2v) is 11.1. The first kappa shape index (κ1) is 31.1. The number of unbranched alkanes of at least 4 members (excludes halogenated alkanes) is 12. The highest BCUT2D eigenvalue weighted by Gasteiger charge is 2.20. The number of esters is 1. The predicted molar refractivity (Wildman–Crippen MR) is 143 cm³/mol. The van der Waals surface area contributed by atoms with Gasteiger partial charge in [0.05, 0.1) is 12.9 Å². The number of hydrogen-bond acceptors (Lipinski definition) is 9. The van der Waals surface area contributed by atoms with Crippen LogP contribution in [0.15, 0.2) is 12.7 Å². The van der Waals surface area contributed by atoms with Crippen LogP contribution in [0.25, 0.3) is 11.2 Å². The maximum Gasteiger partial charge on any atom is 0.356 e. The van der Waals surface area contributed by atoms with Gasteiger partial charge in [0.15, 0.2) is 11.5 Å². The van der Waals surface area contributed by atoms with Crippen molar-refractivity contribution < 1.29 is 28.3 Å². The van der Waals surface area contributed by atoms with Crippen molar-refractivity contribution in [2.75, 3.05) is 25.5 Å². The van der Waals surface area contributed by atoms with Crippen LogP contribution in [0.2, 0.25) is 0 Å². The molecule has 0 bridgehead atoms. The molecule has 2 heterocycles. The van der Waals surface area contributed by atoms with E-state index in [4.69, 9.17) is 19.7 Å². The number of imidazole rings is 1. The van der Waals surface area contributed by atoms with Gasteiger partial charge in [-0.05, 0) is 6.42 Å². The van der Waals surface area contributed by atoms with Crippen LogP contribution >= 0.6 is 7.60 Å². The highest BCUT2D eigenvalue weighted by Crippen LogP contribution is 2.41. The van der Waals surface area contributed by atoms with Gasteiger partial charge in [-0.25, -0.2) is 15.0 Å². The molecule has 2 aromatic heterocycles. The van der Waals surface area contributed by atoms with E-state index in [-0.39, 0.29) is 18.8 Å². The summed E-state index contributed by atoms with van der Waals surface area (Å²) < 4.78 is 28.8. The van der Waals surface area contributed by atoms with E-state index in [9.17, 15) is 14.3 Å². The molecule has 0 aliphatic carbocycles. The van der Waals surface area contributed by atoms with Crippen molar-refractivity contribution in [3.63, 3.8) is 0 Å². The normalized spacial score (nSPS) is 13.1. The molecule has 210 valence electrons. The van der Waals surface area contributed by atoms with Crippen LogP contribution in [-0.2, 0) is 29.9 Å². The van der Waals surface area contributed by atoms with Crippen molar-refractivity contribution in [2.45, 2.75) is 103 Å². The van der Waals surface area contributed by atoms with Crippen molar-refractivity contribution in [3.8, 4) is 0 Å². The van der Waals surface area contributed by atoms with Gasteiger partial charge in [-0.1, -0.05) is 84.0 Å². The summed E-state index contributed by atoms with van der Waals surface area (Å²) in [6.07, 6.45) is 18.7. The van der Waals surface area contributed by atoms with E-state index in [2.05, 4.69) is 21.9 Å². The highest BCUT2D eigenvalue weighted by molar-refractivity contribution is 7.52. The summed E-state index contributed by atoms with van der Waals surface area (Å²) in [5, 5.41) is 0. The molecule has 0 aromatic carbocycles. The smallest absolute Gasteiger partial charge is 0.356 e. The Morgan fingerprint density at radius 3 is 2.24 bits per heavy atom. The fraction of sp³-hybridized carbons (Fsp3) is 0.760. The number of aromatic nitrogens is 4. The molecule has 0 amide bonds. The second-order valence-electron chi connectivity index (χ2n) is 9.30. The molecule has 3 N–H and O–H groups in total. The van der Waals surface area contributed by atoms with E-state index in [1.807, 2.05) is 0 Å². The van der Waals surface area contributed by atoms with Crippen LogP contribution in [0.4, 0.5) is 5.82 Å². The van der Waals surface area contributed by atoms with Crippen molar-refractivity contribution >= 4 is 30.5 Å². The molecule has 0 aliphatic heterocycles. The number of carbonyl (C=O) groups is 1. The van der Waals surface area contributed by atoms with Gasteiger partial charge in [0.25, 0.3) is 0 Å². The Labute approximate surface area is 220 Å². The minimum Gasteiger partial charge on any atom is -0.438 e. The van der Waals surface area contributed by atoms with Gasteiger partial charge in [0.1, 0.15) is 18.2 Å². The summed E-state index contributed by atoms with van der Waals surface area (Å²) >= 11 is 0. The topological polar surface area (TPSA) is 152 Å². The zero-order chi connectivity index (χ0) is 26.8. The summed E-state index contributed by atoms with van der Waals surface area (Å²) in [6, 6.07) is 0. The Bertz CT molecular complexity index is 957. The summed E-state index contributed by atoms with van der Waals surface area (Å²) in [7, 11) is -4.04. The van der Waals surface area contributed by atoms with Crippen molar-refractivity contribution in [2.24, 2.45) is 0 Å². The molecule has 2 aromatic rings. The molecule has 2 rings (SSSR count). The number of nitrogens with two attached hydrogens (primary N) is 1. The predicted octanol–water partition coefficient (Wildman–Crippen LogP) is 5.57. The van der Waals surface area contributed by atoms with Crippen LogP contribution in [0, 0.1) is 0 Å². The van der Waals surface area contributed by atoms with Gasteiger partial charge < -0.3 is 24.7 Å². The molecule has 1 atom stereocenters. The molecule has 1 unspecified atom stereocenters. The Morgan fingerprint density at radius 1 is 0.973 bits per heavy atom. The maximum atomic E-state index is 12.1. The Balaban J connectivity index is 1.42. The number of hydrogen-bond donors (Lipinski definition) is 2. The number of ether oxygens (including phenoxy) is 2. The average molecular weight is 542 g/mol. The van der Waals surface area contributed by atoms with E-state index in [1.54, 1.807) is 10.9 Å². The van der Waals surface area contributed by atoms with Crippen LogP contribution in [-0.4, -0.2) is 50.1 Å². The minimum atomic E-state index is -4.04. The zero-order valence-corrected chi connectivity index (χ0v) is 23.1. The monoisotopic (exact) mass is 541 g/mol. The molecule has 12 heteroatoms. The number of nitrogen functional groups attached to an aromatic ring is 1. The fourth-order valence-corrected chi connectivity index (χ4v) is 4.63. The van der Waals surface area contributed by atoms with Crippen molar-refractivity contribution in [3.05, 3.63) is 12.7 Å². The van der Waals surface area contributed by atoms with E-state index in [0.717, 1.165) is 19.3 Å². The highest BCUT2D eigenvalue weighted by atomic mass is 31.2. The molecule has 0 radical (unpaired) electrons. The third kappa shape index (κ3) is 13.3. The van der Waals surface area contributed by atoms with Gasteiger partial charge in [-0.3, -0.25) is 13.9 Å². The molecule has 0 saturated heterocycles. The third-order valence-electron chi connectivity index (χ3n) is 6.12. The minimum absolute atomic E-state index is 0.127. The molecule has 0 fully saturated rings. The fourth-order valence-electron chi connectivity index (χ4n) is 3.98. The molecule has 0 spiro atoms. The number of nitrogens with zero attached hydrogens (tertiary/aromatic N) is 4. The summed E-state index contributed by atoms with van der Waals surface area (Å²) in [4.78, 5) is 33.8. The standard InChI is InChI=1S/C25H44N5O6P/c1-2-3-4-5-6-7-8-9-10-11-12-13-14-15-22(31)35-20-36-37(32,33)21-34-17-16-30-19-29-23-24(26)27-18-28-25(23)30/h18-19H,2-17,20-21H2,1H3,(H,32,33)(H2,26,27,28). The number of carbonyl (C=O) groups excluding carboxylic acids is 1. The first-order valence-electron chi connectivity index (χ1n) is 13.5. The Morgan fingerprint density at radius 2 is 1.59 bits per heavy atom. The van der Waals surface area contributed by atoms with Gasteiger partial charge in [0.2, 0.25) is 6.79 Å². The van der Waals surface area contributed by atoms with E-state index >= 15 is 0 Å². The number of rotatable bonds is 22.